The lowest BCUT2D eigenvalue weighted by molar-refractivity contribution is 0.529. The van der Waals surface area contributed by atoms with Crippen LogP contribution < -0.4 is 0 Å². The molecule has 3 aromatic rings. The van der Waals surface area contributed by atoms with Gasteiger partial charge in [0.2, 0.25) is 0 Å². The maximum atomic E-state index is 6.25. The van der Waals surface area contributed by atoms with Crippen molar-refractivity contribution in [3.63, 3.8) is 0 Å². The fraction of sp³-hybridized carbons (Fsp3) is 0.158. The average Bonchev–Trinajstić information content (AvgIpc) is 2.86. The summed E-state index contributed by atoms with van der Waals surface area (Å²) in [6, 6.07) is 19.1. The second kappa shape index (κ2) is 7.17. The minimum absolute atomic E-state index is 0.963. The normalized spacial score (nSPS) is 10.9. The summed E-state index contributed by atoms with van der Waals surface area (Å²) in [5.74, 6) is 2.07. The second-order valence-electron chi connectivity index (χ2n) is 5.21. The zero-order valence-corrected chi connectivity index (χ0v) is 16.6. The highest BCUT2D eigenvalue weighted by molar-refractivity contribution is 14.1. The van der Waals surface area contributed by atoms with Gasteiger partial charge in [-0.15, -0.1) is 0 Å². The van der Waals surface area contributed by atoms with Gasteiger partial charge in [0.15, 0.2) is 0 Å². The summed E-state index contributed by atoms with van der Waals surface area (Å²) in [5.41, 5.74) is 4.83. The van der Waals surface area contributed by atoms with Gasteiger partial charge >= 0.3 is 0 Å². The Bertz CT molecular complexity index is 758. The summed E-state index contributed by atoms with van der Waals surface area (Å²) in [7, 11) is 0. The van der Waals surface area contributed by atoms with Crippen LogP contribution in [0.5, 0.6) is 0 Å². The molecular weight excluding hydrogens is 498 g/mol. The number of halogens is 2. The first kappa shape index (κ1) is 16.1. The summed E-state index contributed by atoms with van der Waals surface area (Å²) in [4.78, 5) is 0. The van der Waals surface area contributed by atoms with Crippen LogP contribution in [0.3, 0.4) is 0 Å². The lowest BCUT2D eigenvalue weighted by Crippen LogP contribution is -1.86. The molecule has 1 heterocycles. The highest BCUT2D eigenvalue weighted by Gasteiger charge is 2.20. The molecule has 22 heavy (non-hydrogen) atoms. The van der Waals surface area contributed by atoms with Gasteiger partial charge in [-0.3, -0.25) is 0 Å². The summed E-state index contributed by atoms with van der Waals surface area (Å²) < 4.78 is 8.54. The first-order valence-electron chi connectivity index (χ1n) is 7.20. The van der Waals surface area contributed by atoms with Gasteiger partial charge in [-0.25, -0.2) is 0 Å². The smallest absolute Gasteiger partial charge is 0.143 e. The van der Waals surface area contributed by atoms with Crippen LogP contribution in [0, 0.1) is 10.5 Å². The molecule has 0 unspecified atom stereocenters. The Hall–Kier alpha value is -0.820. The van der Waals surface area contributed by atoms with Crippen LogP contribution in [0.1, 0.15) is 11.3 Å². The van der Waals surface area contributed by atoms with Crippen molar-refractivity contribution in [3.8, 4) is 22.5 Å². The van der Waals surface area contributed by atoms with Crippen molar-refractivity contribution < 1.29 is 4.42 Å². The van der Waals surface area contributed by atoms with Gasteiger partial charge < -0.3 is 4.42 Å². The molecule has 0 saturated heterocycles. The molecule has 0 aliphatic heterocycles. The predicted molar refractivity (Wildman–Crippen MR) is 110 cm³/mol. The Morgan fingerprint density at radius 2 is 1.59 bits per heavy atom. The first-order valence-corrected chi connectivity index (χ1v) is 9.80. The third-order valence-electron chi connectivity index (χ3n) is 3.61. The molecule has 0 aliphatic rings. The molecule has 0 atom stereocenters. The van der Waals surface area contributed by atoms with E-state index in [1.165, 1.54) is 20.3 Å². The molecule has 112 valence electrons. The monoisotopic (exact) mass is 514 g/mol. The van der Waals surface area contributed by atoms with E-state index >= 15 is 0 Å². The molecule has 0 bridgehead atoms. The number of hydrogen-bond donors (Lipinski definition) is 0. The minimum Gasteiger partial charge on any atom is -0.459 e. The number of aryl methyl sites for hydroxylation is 2. The van der Waals surface area contributed by atoms with E-state index in [0.29, 0.717) is 0 Å². The third-order valence-corrected chi connectivity index (χ3v) is 5.29. The summed E-state index contributed by atoms with van der Waals surface area (Å²) >= 11 is 4.82. The molecule has 0 aliphatic carbocycles. The molecule has 0 saturated carbocycles. The van der Waals surface area contributed by atoms with E-state index in [1.54, 1.807) is 0 Å². The molecule has 1 aromatic heterocycles. The number of furan rings is 1. The average molecular weight is 514 g/mol. The summed E-state index contributed by atoms with van der Waals surface area (Å²) in [5, 5.41) is 0. The highest BCUT2D eigenvalue weighted by atomic mass is 127. The van der Waals surface area contributed by atoms with Gasteiger partial charge in [0, 0.05) is 22.0 Å². The van der Waals surface area contributed by atoms with Crippen molar-refractivity contribution in [3.05, 3.63) is 69.5 Å². The van der Waals surface area contributed by atoms with Crippen LogP contribution in [0.15, 0.2) is 59.0 Å². The number of hydrogen-bond acceptors (Lipinski definition) is 1. The van der Waals surface area contributed by atoms with E-state index in [0.717, 1.165) is 27.9 Å². The number of benzene rings is 2. The van der Waals surface area contributed by atoms with E-state index in [1.807, 2.05) is 6.07 Å². The molecule has 0 fully saturated rings. The Morgan fingerprint density at radius 1 is 0.909 bits per heavy atom. The third kappa shape index (κ3) is 3.25. The Morgan fingerprint density at radius 3 is 2.23 bits per heavy atom. The van der Waals surface area contributed by atoms with Crippen molar-refractivity contribution >= 4 is 45.2 Å². The topological polar surface area (TPSA) is 13.1 Å². The quantitative estimate of drug-likeness (QED) is 0.286. The Balaban J connectivity index is 2.20. The molecule has 0 radical (unpaired) electrons. The van der Waals surface area contributed by atoms with Crippen molar-refractivity contribution in [1.82, 2.24) is 0 Å². The predicted octanol–water partition coefficient (Wildman–Crippen LogP) is 6.50. The fourth-order valence-electron chi connectivity index (χ4n) is 2.48. The summed E-state index contributed by atoms with van der Waals surface area (Å²) in [6.45, 7) is 2.11. The minimum atomic E-state index is 0.963. The van der Waals surface area contributed by atoms with Crippen molar-refractivity contribution in [2.75, 3.05) is 4.43 Å². The number of alkyl halides is 1. The zero-order valence-electron chi connectivity index (χ0n) is 12.3. The Labute approximate surface area is 158 Å². The Kier molecular flexibility index (Phi) is 5.23. The fourth-order valence-corrected chi connectivity index (χ4v) is 3.90. The van der Waals surface area contributed by atoms with Crippen LogP contribution in [-0.2, 0) is 6.42 Å². The maximum Gasteiger partial charge on any atom is 0.143 e. The van der Waals surface area contributed by atoms with E-state index < -0.39 is 0 Å². The van der Waals surface area contributed by atoms with Crippen LogP contribution in [0.25, 0.3) is 22.5 Å². The van der Waals surface area contributed by atoms with Crippen molar-refractivity contribution in [2.45, 2.75) is 13.3 Å². The van der Waals surface area contributed by atoms with Crippen LogP contribution >= 0.6 is 45.2 Å². The molecule has 0 N–H and O–H groups in total. The first-order chi connectivity index (χ1) is 10.7. The molecule has 0 spiro atoms. The van der Waals surface area contributed by atoms with Crippen LogP contribution in [0.4, 0.5) is 0 Å². The maximum absolute atomic E-state index is 6.25. The van der Waals surface area contributed by atoms with Gasteiger partial charge in [0.1, 0.15) is 11.5 Å². The zero-order chi connectivity index (χ0) is 15.5. The van der Waals surface area contributed by atoms with Gasteiger partial charge in [-0.05, 0) is 35.1 Å². The number of rotatable bonds is 4. The van der Waals surface area contributed by atoms with E-state index in [2.05, 4.69) is 101 Å². The molecule has 2 aromatic carbocycles. The van der Waals surface area contributed by atoms with Crippen molar-refractivity contribution in [1.29, 1.82) is 0 Å². The van der Waals surface area contributed by atoms with E-state index in [-0.39, 0.29) is 0 Å². The van der Waals surface area contributed by atoms with E-state index in [9.17, 15) is 0 Å². The van der Waals surface area contributed by atoms with Crippen LogP contribution in [-0.4, -0.2) is 4.43 Å². The van der Waals surface area contributed by atoms with Gasteiger partial charge in [0.25, 0.3) is 0 Å². The molecule has 1 nitrogen and oxygen atoms in total. The van der Waals surface area contributed by atoms with Crippen LogP contribution in [0.2, 0.25) is 0 Å². The molecule has 3 rings (SSSR count). The largest absolute Gasteiger partial charge is 0.459 e. The molecular formula is C19H16I2O. The molecule has 3 heteroatoms. The van der Waals surface area contributed by atoms with Crippen molar-refractivity contribution in [2.24, 2.45) is 0 Å². The highest BCUT2D eigenvalue weighted by Crippen LogP contribution is 2.40. The van der Waals surface area contributed by atoms with E-state index in [4.69, 9.17) is 4.42 Å². The van der Waals surface area contributed by atoms with Gasteiger partial charge in [0.05, 0.1) is 3.57 Å². The van der Waals surface area contributed by atoms with Gasteiger partial charge in [-0.1, -0.05) is 82.8 Å². The lowest BCUT2D eigenvalue weighted by atomic mass is 10.0. The molecule has 0 amide bonds. The van der Waals surface area contributed by atoms with Gasteiger partial charge in [-0.2, -0.15) is 0 Å². The second-order valence-corrected chi connectivity index (χ2v) is 7.37. The standard InChI is InChI=1S/C19H16I2O/c1-13-7-9-15(10-8-13)19-17(14-5-3-2-4-6-14)18(21)16(22-19)11-12-20/h2-10H,11-12H2,1H3. The lowest BCUT2D eigenvalue weighted by Gasteiger charge is -2.04. The summed E-state index contributed by atoms with van der Waals surface area (Å²) in [6.07, 6.45) is 0.963. The SMILES string of the molecule is Cc1ccc(-c2oc(CCI)c(I)c2-c2ccccc2)cc1.